The van der Waals surface area contributed by atoms with E-state index in [2.05, 4.69) is 20.0 Å². The lowest BCUT2D eigenvalue weighted by atomic mass is 9.97. The molecule has 26 heavy (non-hydrogen) atoms. The Hall–Kier alpha value is -1.40. The first kappa shape index (κ1) is 20.9. The number of piperidine rings is 1. The summed E-state index contributed by atoms with van der Waals surface area (Å²) in [5, 5.41) is 4.11. The first-order chi connectivity index (χ1) is 12.5. The van der Waals surface area contributed by atoms with Crippen LogP contribution in [-0.4, -0.2) is 34.0 Å². The maximum Gasteiger partial charge on any atom is 0.405 e. The molecule has 0 bridgehead atoms. The number of nitrogens with one attached hydrogen (secondary N) is 1. The lowest BCUT2D eigenvalue weighted by Crippen LogP contribution is -2.27. The molecule has 0 aliphatic carbocycles. The molecule has 1 aromatic heterocycles. The molecule has 3 rings (SSSR count). The fourth-order valence-corrected chi connectivity index (χ4v) is 2.93. The van der Waals surface area contributed by atoms with Crippen molar-refractivity contribution in [2.24, 2.45) is 0 Å². The van der Waals surface area contributed by atoms with Crippen molar-refractivity contribution in [1.29, 1.82) is 0 Å². The summed E-state index contributed by atoms with van der Waals surface area (Å²) in [6.45, 7) is 3.63. The van der Waals surface area contributed by atoms with Gasteiger partial charge in [-0.3, -0.25) is 0 Å². The highest BCUT2D eigenvalue weighted by Crippen LogP contribution is 2.24. The van der Waals surface area contributed by atoms with E-state index in [-0.39, 0.29) is 0 Å². The molecule has 5 nitrogen and oxygen atoms in total. The third kappa shape index (κ3) is 7.08. The van der Waals surface area contributed by atoms with Gasteiger partial charge in [-0.2, -0.15) is 0 Å². The monoisotopic (exact) mass is 415 g/mol. The van der Waals surface area contributed by atoms with Gasteiger partial charge >= 0.3 is 5.43 Å². The highest BCUT2D eigenvalue weighted by atomic mass is 35.5. The van der Waals surface area contributed by atoms with E-state index in [0.29, 0.717) is 5.92 Å². The summed E-state index contributed by atoms with van der Waals surface area (Å²) >= 11 is 15.8. The molecule has 1 unspecified atom stereocenters. The van der Waals surface area contributed by atoms with E-state index in [4.69, 9.17) is 34.8 Å². The Kier molecular flexibility index (Phi) is 8.59. The van der Waals surface area contributed by atoms with Gasteiger partial charge in [0.1, 0.15) is 5.82 Å². The zero-order chi connectivity index (χ0) is 18.9. The van der Waals surface area contributed by atoms with Crippen LogP contribution >= 0.6 is 34.8 Å². The Balaban J connectivity index is 0.000000298. The summed E-state index contributed by atoms with van der Waals surface area (Å²) in [6.07, 6.45) is 6.07. The van der Waals surface area contributed by atoms with E-state index in [9.17, 15) is 4.79 Å². The average Bonchev–Trinajstić information content (AvgIpc) is 2.63. The predicted molar refractivity (Wildman–Crippen MR) is 105 cm³/mol. The van der Waals surface area contributed by atoms with Crippen LogP contribution in [0.1, 0.15) is 31.5 Å². The minimum Gasteiger partial charge on any atom is -0.434 e. The normalized spacial score (nSPS) is 15.5. The molecule has 2 aromatic rings. The van der Waals surface area contributed by atoms with Gasteiger partial charge in [-0.15, -0.1) is 0 Å². The Labute approximate surface area is 168 Å². The van der Waals surface area contributed by atoms with Gasteiger partial charge in [0.2, 0.25) is 0 Å². The summed E-state index contributed by atoms with van der Waals surface area (Å²) in [4.78, 5) is 18.8. The van der Waals surface area contributed by atoms with Gasteiger partial charge in [0.05, 0.1) is 0 Å². The number of aromatic nitrogens is 2. The fraction of sp³-hybridized carbons (Fsp3) is 0.389. The van der Waals surface area contributed by atoms with E-state index >= 15 is 0 Å². The van der Waals surface area contributed by atoms with Crippen LogP contribution in [0.3, 0.4) is 0 Å². The fourth-order valence-electron chi connectivity index (χ4n) is 2.55. The standard InChI is InChI=1S/C15H16ClN3.C3H4Cl2O2/c16-14-3-1-11(2-4-14)13-9-18-15(19-10-13)12-5-7-17-8-6-12;1-2(4)7-3(5)6/h1-4,9-10,12,17H,5-8H2;2H,1H3. The summed E-state index contributed by atoms with van der Waals surface area (Å²) in [7, 11) is 0. The topological polar surface area (TPSA) is 64.1 Å². The van der Waals surface area contributed by atoms with Gasteiger partial charge in [0.15, 0.2) is 5.56 Å². The van der Waals surface area contributed by atoms with Crippen molar-refractivity contribution in [2.45, 2.75) is 31.2 Å². The van der Waals surface area contributed by atoms with Gasteiger partial charge in [0, 0.05) is 40.5 Å². The van der Waals surface area contributed by atoms with Crippen LogP contribution in [0.5, 0.6) is 0 Å². The molecule has 1 N–H and O–H groups in total. The van der Waals surface area contributed by atoms with Gasteiger partial charge in [-0.05, 0) is 50.6 Å². The molecule has 8 heteroatoms. The number of rotatable bonds is 3. The Morgan fingerprint density at radius 2 is 1.73 bits per heavy atom. The van der Waals surface area contributed by atoms with Crippen molar-refractivity contribution in [3.63, 3.8) is 0 Å². The molecule has 0 amide bonds. The second-order valence-corrected chi connectivity index (χ2v) is 7.12. The molecule has 1 atom stereocenters. The largest absolute Gasteiger partial charge is 0.434 e. The molecule has 140 valence electrons. The number of hydrogen-bond acceptors (Lipinski definition) is 5. The second-order valence-electron chi connectivity index (χ2n) is 5.76. The van der Waals surface area contributed by atoms with Crippen LogP contribution in [0.15, 0.2) is 36.7 Å². The third-order valence-corrected chi connectivity index (χ3v) is 4.24. The van der Waals surface area contributed by atoms with E-state index < -0.39 is 11.0 Å². The van der Waals surface area contributed by atoms with Crippen LogP contribution in [0.2, 0.25) is 5.02 Å². The highest BCUT2D eigenvalue weighted by molar-refractivity contribution is 6.61. The van der Waals surface area contributed by atoms with Crippen molar-refractivity contribution < 1.29 is 9.53 Å². The first-order valence-electron chi connectivity index (χ1n) is 8.24. The molecule has 1 aromatic carbocycles. The molecular weight excluding hydrogens is 397 g/mol. The van der Waals surface area contributed by atoms with Crippen LogP contribution < -0.4 is 5.32 Å². The quantitative estimate of drug-likeness (QED) is 0.549. The number of carbonyl (C=O) groups excluding carboxylic acids is 1. The van der Waals surface area contributed by atoms with Crippen LogP contribution in [0, 0.1) is 0 Å². The zero-order valence-electron chi connectivity index (χ0n) is 14.3. The first-order valence-corrected chi connectivity index (χ1v) is 9.43. The van der Waals surface area contributed by atoms with Crippen LogP contribution in [-0.2, 0) is 4.74 Å². The molecule has 0 radical (unpaired) electrons. The third-order valence-electron chi connectivity index (χ3n) is 3.81. The summed E-state index contributed by atoms with van der Waals surface area (Å²) in [5.74, 6) is 1.47. The number of nitrogens with zero attached hydrogens (tertiary/aromatic N) is 2. The molecule has 1 fully saturated rings. The molecular formula is C18H20Cl3N3O2. The van der Waals surface area contributed by atoms with Crippen molar-refractivity contribution in [2.75, 3.05) is 13.1 Å². The van der Waals surface area contributed by atoms with Gasteiger partial charge < -0.3 is 10.1 Å². The Morgan fingerprint density at radius 3 is 2.19 bits per heavy atom. The lowest BCUT2D eigenvalue weighted by Gasteiger charge is -2.21. The number of hydrogen-bond donors (Lipinski definition) is 1. The summed E-state index contributed by atoms with van der Waals surface area (Å²) in [6, 6.07) is 7.76. The number of carbonyl (C=O) groups is 1. The highest BCUT2D eigenvalue weighted by Gasteiger charge is 2.17. The van der Waals surface area contributed by atoms with E-state index in [1.54, 1.807) is 0 Å². The van der Waals surface area contributed by atoms with E-state index in [1.807, 2.05) is 36.7 Å². The number of alkyl halides is 1. The number of ether oxygens (including phenoxy) is 1. The van der Waals surface area contributed by atoms with Gasteiger partial charge in [0.25, 0.3) is 0 Å². The second kappa shape index (κ2) is 10.7. The number of benzene rings is 1. The molecule has 1 aliphatic heterocycles. The maximum absolute atomic E-state index is 9.71. The molecule has 0 saturated carbocycles. The maximum atomic E-state index is 9.71. The Bertz CT molecular complexity index is 688. The Morgan fingerprint density at radius 1 is 1.15 bits per heavy atom. The van der Waals surface area contributed by atoms with Crippen molar-refractivity contribution in [3.8, 4) is 11.1 Å². The SMILES string of the molecule is CC(Cl)OC(=O)Cl.Clc1ccc(-c2cnc(C3CCNCC3)nc2)cc1. The predicted octanol–water partition coefficient (Wildman–Crippen LogP) is 5.21. The molecule has 2 heterocycles. The van der Waals surface area contributed by atoms with E-state index in [0.717, 1.165) is 47.9 Å². The molecule has 1 saturated heterocycles. The summed E-state index contributed by atoms with van der Waals surface area (Å²) in [5.41, 5.74) is 0.628. The van der Waals surface area contributed by atoms with Crippen molar-refractivity contribution >= 4 is 40.2 Å². The van der Waals surface area contributed by atoms with Crippen molar-refractivity contribution in [1.82, 2.24) is 15.3 Å². The molecule has 0 spiro atoms. The molecule has 1 aliphatic rings. The summed E-state index contributed by atoms with van der Waals surface area (Å²) < 4.78 is 4.14. The number of halogens is 3. The van der Waals surface area contributed by atoms with Crippen LogP contribution in [0.4, 0.5) is 4.79 Å². The van der Waals surface area contributed by atoms with Gasteiger partial charge in [-0.1, -0.05) is 35.3 Å². The van der Waals surface area contributed by atoms with Crippen LogP contribution in [0.25, 0.3) is 11.1 Å². The van der Waals surface area contributed by atoms with Gasteiger partial charge in [-0.25, -0.2) is 14.8 Å². The zero-order valence-corrected chi connectivity index (χ0v) is 16.6. The van der Waals surface area contributed by atoms with E-state index in [1.165, 1.54) is 6.92 Å². The van der Waals surface area contributed by atoms with Crippen molar-refractivity contribution in [3.05, 3.63) is 47.5 Å². The minimum atomic E-state index is -0.873. The average molecular weight is 417 g/mol. The lowest BCUT2D eigenvalue weighted by molar-refractivity contribution is 0.166. The smallest absolute Gasteiger partial charge is 0.405 e. The minimum absolute atomic E-state index is 0.500.